The first-order valence-corrected chi connectivity index (χ1v) is 12.9. The topological polar surface area (TPSA) is 96.3 Å². The molecule has 1 atom stereocenters. The molecule has 1 amide bonds. The van der Waals surface area contributed by atoms with Crippen molar-refractivity contribution in [3.05, 3.63) is 59.2 Å². The van der Waals surface area contributed by atoms with Crippen molar-refractivity contribution in [2.45, 2.75) is 65.3 Å². The summed E-state index contributed by atoms with van der Waals surface area (Å²) in [6, 6.07) is 10.9. The lowest BCUT2D eigenvalue weighted by atomic mass is 9.95. The standard InChI is InChI=1S/C29H37NO6/c1-4-7-9-17-30-26(21-13-16-23(31)24(19-21)35-6-3)25(28(33)29(30)34)27(32)20-11-14-22(15-12-20)36-18-10-8-5-2/h11-16,19,26,31-32H,4-10,17-18H2,1-3H3/b27-25-. The van der Waals surface area contributed by atoms with Gasteiger partial charge in [-0.25, -0.2) is 0 Å². The van der Waals surface area contributed by atoms with E-state index in [2.05, 4.69) is 13.8 Å². The number of phenolic OH excluding ortho intramolecular Hbond substituents is 1. The van der Waals surface area contributed by atoms with E-state index in [0.717, 1.165) is 38.5 Å². The lowest BCUT2D eigenvalue weighted by molar-refractivity contribution is -0.139. The molecule has 0 aromatic heterocycles. The Morgan fingerprint density at radius 1 is 0.917 bits per heavy atom. The van der Waals surface area contributed by atoms with Gasteiger partial charge < -0.3 is 24.6 Å². The van der Waals surface area contributed by atoms with E-state index in [1.54, 1.807) is 43.3 Å². The van der Waals surface area contributed by atoms with E-state index in [1.807, 2.05) is 0 Å². The number of amides is 1. The lowest BCUT2D eigenvalue weighted by Crippen LogP contribution is -2.30. The average molecular weight is 496 g/mol. The molecule has 2 N–H and O–H groups in total. The summed E-state index contributed by atoms with van der Waals surface area (Å²) < 4.78 is 11.3. The Hall–Kier alpha value is -3.48. The predicted octanol–water partition coefficient (Wildman–Crippen LogP) is 5.97. The summed E-state index contributed by atoms with van der Waals surface area (Å²) in [5, 5.41) is 21.4. The Bertz CT molecular complexity index is 1080. The lowest BCUT2D eigenvalue weighted by Gasteiger charge is -2.26. The van der Waals surface area contributed by atoms with Crippen molar-refractivity contribution < 1.29 is 29.3 Å². The Balaban J connectivity index is 2.00. The molecule has 7 heteroatoms. The average Bonchev–Trinajstić information content (AvgIpc) is 3.13. The molecule has 1 fully saturated rings. The summed E-state index contributed by atoms with van der Waals surface area (Å²) in [5.74, 6) is -0.685. The number of carbonyl (C=O) groups excluding carboxylic acids is 2. The highest BCUT2D eigenvalue weighted by molar-refractivity contribution is 6.46. The highest BCUT2D eigenvalue weighted by atomic mass is 16.5. The van der Waals surface area contributed by atoms with Gasteiger partial charge in [-0.3, -0.25) is 9.59 Å². The maximum atomic E-state index is 13.2. The van der Waals surface area contributed by atoms with Crippen molar-refractivity contribution in [1.29, 1.82) is 0 Å². The summed E-state index contributed by atoms with van der Waals surface area (Å²) in [5.41, 5.74) is 1.04. The van der Waals surface area contributed by atoms with Gasteiger partial charge in [0, 0.05) is 12.1 Å². The summed E-state index contributed by atoms with van der Waals surface area (Å²) in [6.45, 7) is 7.35. The van der Waals surface area contributed by atoms with Crippen LogP contribution in [-0.2, 0) is 9.59 Å². The van der Waals surface area contributed by atoms with Gasteiger partial charge in [0.05, 0.1) is 24.8 Å². The number of hydrogen-bond donors (Lipinski definition) is 2. The van der Waals surface area contributed by atoms with Crippen LogP contribution >= 0.6 is 0 Å². The Kier molecular flexibility index (Phi) is 9.79. The van der Waals surface area contributed by atoms with E-state index in [9.17, 15) is 19.8 Å². The van der Waals surface area contributed by atoms with Crippen LogP contribution in [0.1, 0.15) is 76.5 Å². The van der Waals surface area contributed by atoms with Gasteiger partial charge in [-0.1, -0.05) is 45.6 Å². The number of likely N-dealkylation sites (tertiary alicyclic amines) is 1. The summed E-state index contributed by atoms with van der Waals surface area (Å²) >= 11 is 0. The molecule has 1 unspecified atom stereocenters. The van der Waals surface area contributed by atoms with Crippen LogP contribution in [0.4, 0.5) is 0 Å². The Morgan fingerprint density at radius 2 is 1.61 bits per heavy atom. The predicted molar refractivity (Wildman–Crippen MR) is 139 cm³/mol. The van der Waals surface area contributed by atoms with Crippen molar-refractivity contribution in [3.63, 3.8) is 0 Å². The summed E-state index contributed by atoms with van der Waals surface area (Å²) in [4.78, 5) is 27.8. The highest BCUT2D eigenvalue weighted by Gasteiger charge is 2.46. The Labute approximate surface area is 213 Å². The Morgan fingerprint density at radius 3 is 2.28 bits per heavy atom. The molecular weight excluding hydrogens is 458 g/mol. The van der Waals surface area contributed by atoms with Gasteiger partial charge in [0.2, 0.25) is 0 Å². The molecule has 0 bridgehead atoms. The molecule has 2 aromatic carbocycles. The molecule has 1 aliphatic heterocycles. The van der Waals surface area contributed by atoms with Crippen LogP contribution in [0.15, 0.2) is 48.0 Å². The van der Waals surface area contributed by atoms with Gasteiger partial charge in [0.25, 0.3) is 11.7 Å². The maximum Gasteiger partial charge on any atom is 0.295 e. The van der Waals surface area contributed by atoms with E-state index >= 15 is 0 Å². The van der Waals surface area contributed by atoms with Gasteiger partial charge in [0.15, 0.2) is 11.5 Å². The van der Waals surface area contributed by atoms with Gasteiger partial charge >= 0.3 is 0 Å². The van der Waals surface area contributed by atoms with Crippen molar-refractivity contribution in [2.75, 3.05) is 19.8 Å². The number of rotatable bonds is 13. The van der Waals surface area contributed by atoms with Crippen molar-refractivity contribution in [2.24, 2.45) is 0 Å². The number of nitrogens with zero attached hydrogens (tertiary/aromatic N) is 1. The minimum atomic E-state index is -0.786. The van der Waals surface area contributed by atoms with E-state index in [0.29, 0.717) is 36.6 Å². The molecule has 0 spiro atoms. The number of ether oxygens (including phenoxy) is 2. The highest BCUT2D eigenvalue weighted by Crippen LogP contribution is 2.42. The number of aliphatic hydroxyl groups is 1. The fraction of sp³-hybridized carbons (Fsp3) is 0.448. The van der Waals surface area contributed by atoms with Crippen molar-refractivity contribution in [1.82, 2.24) is 4.90 Å². The third kappa shape index (κ3) is 6.20. The number of Topliss-reactive ketones (excluding diaryl/α,β-unsaturated/α-hetero) is 1. The molecule has 2 aromatic rings. The molecule has 36 heavy (non-hydrogen) atoms. The molecule has 1 aliphatic rings. The van der Waals surface area contributed by atoms with Gasteiger partial charge in [-0.2, -0.15) is 0 Å². The number of benzene rings is 2. The SMILES string of the molecule is CCCCCOc1ccc(/C(O)=C2/C(=O)C(=O)N(CCCCC)C2c2ccc(O)c(OCC)c2)cc1. The van der Waals surface area contributed by atoms with Crippen molar-refractivity contribution >= 4 is 17.4 Å². The van der Waals surface area contributed by atoms with Crippen molar-refractivity contribution in [3.8, 4) is 17.2 Å². The van der Waals surface area contributed by atoms with Crippen LogP contribution < -0.4 is 9.47 Å². The molecule has 0 aliphatic carbocycles. The number of carbonyl (C=O) groups is 2. The van der Waals surface area contributed by atoms with E-state index in [-0.39, 0.29) is 22.8 Å². The first-order chi connectivity index (χ1) is 17.4. The second-order valence-electron chi connectivity index (χ2n) is 8.94. The molecule has 1 saturated heterocycles. The molecule has 0 radical (unpaired) electrons. The molecule has 0 saturated carbocycles. The summed E-state index contributed by atoms with van der Waals surface area (Å²) in [7, 11) is 0. The molecule has 3 rings (SSSR count). The third-order valence-electron chi connectivity index (χ3n) is 6.29. The quantitative estimate of drug-likeness (QED) is 0.154. The number of unbranched alkanes of at least 4 members (excludes halogenated alkanes) is 4. The first-order valence-electron chi connectivity index (χ1n) is 12.9. The zero-order chi connectivity index (χ0) is 26.1. The fourth-order valence-corrected chi connectivity index (χ4v) is 4.37. The molecule has 7 nitrogen and oxygen atoms in total. The smallest absolute Gasteiger partial charge is 0.295 e. The van der Waals surface area contributed by atoms with E-state index in [1.165, 1.54) is 11.0 Å². The fourth-order valence-electron chi connectivity index (χ4n) is 4.37. The van der Waals surface area contributed by atoms with Crippen LogP contribution in [0.3, 0.4) is 0 Å². The second-order valence-corrected chi connectivity index (χ2v) is 8.94. The number of aliphatic hydroxyl groups excluding tert-OH is 1. The molecule has 1 heterocycles. The van der Waals surface area contributed by atoms with Crippen LogP contribution in [0, 0.1) is 0 Å². The van der Waals surface area contributed by atoms with Crippen LogP contribution in [-0.4, -0.2) is 46.6 Å². The second kappa shape index (κ2) is 13.0. The minimum Gasteiger partial charge on any atom is -0.507 e. The zero-order valence-electron chi connectivity index (χ0n) is 21.5. The van der Waals surface area contributed by atoms with E-state index < -0.39 is 17.7 Å². The zero-order valence-corrected chi connectivity index (χ0v) is 21.5. The summed E-state index contributed by atoms with van der Waals surface area (Å²) in [6.07, 6.45) is 5.79. The number of aromatic hydroxyl groups is 1. The normalized spacial score (nSPS) is 17.0. The van der Waals surface area contributed by atoms with Gasteiger partial charge in [0.1, 0.15) is 11.5 Å². The number of hydrogen-bond acceptors (Lipinski definition) is 6. The number of ketones is 1. The van der Waals surface area contributed by atoms with E-state index in [4.69, 9.17) is 9.47 Å². The third-order valence-corrected chi connectivity index (χ3v) is 6.29. The minimum absolute atomic E-state index is 0.0289. The van der Waals surface area contributed by atoms with Crippen LogP contribution in [0.25, 0.3) is 5.76 Å². The van der Waals surface area contributed by atoms with Gasteiger partial charge in [-0.05, 0) is 61.7 Å². The molecule has 194 valence electrons. The number of phenols is 1. The van der Waals surface area contributed by atoms with Crippen LogP contribution in [0.2, 0.25) is 0 Å². The maximum absolute atomic E-state index is 13.2. The van der Waals surface area contributed by atoms with Crippen LogP contribution in [0.5, 0.6) is 17.2 Å². The van der Waals surface area contributed by atoms with Gasteiger partial charge in [-0.15, -0.1) is 0 Å². The monoisotopic (exact) mass is 495 g/mol. The molecular formula is C29H37NO6. The largest absolute Gasteiger partial charge is 0.507 e. The first kappa shape index (κ1) is 27.1.